The smallest absolute Gasteiger partial charge is 0.261 e. The maximum Gasteiger partial charge on any atom is 0.261 e. The van der Waals surface area contributed by atoms with Crippen molar-refractivity contribution in [2.75, 3.05) is 15.8 Å². The fourth-order valence-electron chi connectivity index (χ4n) is 2.29. The Hall–Kier alpha value is -1.51. The third kappa shape index (κ3) is 3.76. The summed E-state index contributed by atoms with van der Waals surface area (Å²) in [5, 5.41) is 2.76. The zero-order chi connectivity index (χ0) is 17.3. The topological polar surface area (TPSA) is 75.3 Å². The van der Waals surface area contributed by atoms with Crippen LogP contribution in [0.2, 0.25) is 0 Å². The van der Waals surface area contributed by atoms with E-state index in [1.807, 2.05) is 6.92 Å². The molecule has 0 atom stereocenters. The third-order valence-electron chi connectivity index (χ3n) is 3.53. The maximum atomic E-state index is 12.6. The average molecular weight is 427 g/mol. The van der Waals surface area contributed by atoms with E-state index in [-0.39, 0.29) is 10.8 Å². The summed E-state index contributed by atoms with van der Waals surface area (Å²) < 4.78 is 28.7. The number of hydrogen-bond acceptors (Lipinski definition) is 4. The summed E-state index contributed by atoms with van der Waals surface area (Å²) in [7, 11) is -3.73. The zero-order valence-electron chi connectivity index (χ0n) is 12.8. The second kappa shape index (κ2) is 6.78. The van der Waals surface area contributed by atoms with Crippen molar-refractivity contribution in [1.29, 1.82) is 0 Å². The molecule has 0 bridgehead atoms. The van der Waals surface area contributed by atoms with Gasteiger partial charge in [-0.1, -0.05) is 15.9 Å². The van der Waals surface area contributed by atoms with Crippen LogP contribution in [0.3, 0.4) is 0 Å². The standard InChI is InChI=1S/C16H15BrN2O3S2/c1-10-8-11(2-4-13(10)17)19-24(21,22)12-3-5-15-14(9-12)18-16(20)6-7-23-15/h2-5,8-9,19H,6-7H2,1H3,(H,18,20). The van der Waals surface area contributed by atoms with E-state index in [0.717, 1.165) is 14.9 Å². The normalized spacial score (nSPS) is 14.5. The van der Waals surface area contributed by atoms with Crippen molar-refractivity contribution in [3.05, 3.63) is 46.4 Å². The van der Waals surface area contributed by atoms with Crippen LogP contribution in [0.25, 0.3) is 0 Å². The lowest BCUT2D eigenvalue weighted by Gasteiger charge is -2.12. The lowest BCUT2D eigenvalue weighted by molar-refractivity contribution is -0.115. The van der Waals surface area contributed by atoms with E-state index < -0.39 is 10.0 Å². The van der Waals surface area contributed by atoms with Crippen LogP contribution in [-0.4, -0.2) is 20.1 Å². The monoisotopic (exact) mass is 426 g/mol. The SMILES string of the molecule is Cc1cc(NS(=O)(=O)c2ccc3c(c2)NC(=O)CCS3)ccc1Br. The van der Waals surface area contributed by atoms with Crippen LogP contribution in [0, 0.1) is 6.92 Å². The second-order valence-electron chi connectivity index (χ2n) is 5.37. The first kappa shape index (κ1) is 17.3. The van der Waals surface area contributed by atoms with Crippen LogP contribution in [0.15, 0.2) is 50.7 Å². The highest BCUT2D eigenvalue weighted by atomic mass is 79.9. The summed E-state index contributed by atoms with van der Waals surface area (Å²) in [4.78, 5) is 12.7. The number of benzene rings is 2. The van der Waals surface area contributed by atoms with E-state index in [1.54, 1.807) is 30.3 Å². The van der Waals surface area contributed by atoms with Crippen molar-refractivity contribution in [2.24, 2.45) is 0 Å². The molecular formula is C16H15BrN2O3S2. The number of rotatable bonds is 3. The van der Waals surface area contributed by atoms with Gasteiger partial charge in [0.1, 0.15) is 0 Å². The van der Waals surface area contributed by atoms with E-state index in [1.165, 1.54) is 17.8 Å². The number of fused-ring (bicyclic) bond motifs is 1. The summed E-state index contributed by atoms with van der Waals surface area (Å²) in [6, 6.07) is 10.0. The van der Waals surface area contributed by atoms with Gasteiger partial charge in [0, 0.05) is 27.2 Å². The van der Waals surface area contributed by atoms with Crippen molar-refractivity contribution in [3.8, 4) is 0 Å². The molecule has 1 heterocycles. The maximum absolute atomic E-state index is 12.6. The van der Waals surface area contributed by atoms with Crippen molar-refractivity contribution >= 4 is 55.0 Å². The van der Waals surface area contributed by atoms with Crippen LogP contribution in [0.1, 0.15) is 12.0 Å². The van der Waals surface area contributed by atoms with Gasteiger partial charge in [-0.25, -0.2) is 8.42 Å². The van der Waals surface area contributed by atoms with Gasteiger partial charge in [0.15, 0.2) is 0 Å². The minimum absolute atomic E-state index is 0.104. The van der Waals surface area contributed by atoms with Crippen LogP contribution >= 0.6 is 27.7 Å². The second-order valence-corrected chi connectivity index (χ2v) is 9.05. The molecule has 0 radical (unpaired) electrons. The third-order valence-corrected chi connectivity index (χ3v) is 6.88. The minimum Gasteiger partial charge on any atom is -0.325 e. The van der Waals surface area contributed by atoms with Crippen LogP contribution in [0.5, 0.6) is 0 Å². The number of aryl methyl sites for hydroxylation is 1. The first-order chi connectivity index (χ1) is 11.3. The van der Waals surface area contributed by atoms with Gasteiger partial charge >= 0.3 is 0 Å². The fourth-order valence-corrected chi connectivity index (χ4v) is 4.55. The Morgan fingerprint density at radius 1 is 1.21 bits per heavy atom. The average Bonchev–Trinajstić information content (AvgIpc) is 2.70. The van der Waals surface area contributed by atoms with Gasteiger partial charge in [-0.2, -0.15) is 0 Å². The predicted molar refractivity (Wildman–Crippen MR) is 100 cm³/mol. The molecule has 2 aromatic rings. The van der Waals surface area contributed by atoms with Gasteiger partial charge in [-0.3, -0.25) is 9.52 Å². The van der Waals surface area contributed by atoms with E-state index in [2.05, 4.69) is 26.0 Å². The quantitative estimate of drug-likeness (QED) is 0.777. The Balaban J connectivity index is 1.92. The Bertz CT molecular complexity index is 914. The van der Waals surface area contributed by atoms with Crippen LogP contribution in [-0.2, 0) is 14.8 Å². The molecule has 0 spiro atoms. The summed E-state index contributed by atoms with van der Waals surface area (Å²) in [6.45, 7) is 1.89. The summed E-state index contributed by atoms with van der Waals surface area (Å²) in [5.41, 5.74) is 1.96. The molecule has 2 aromatic carbocycles. The van der Waals surface area contributed by atoms with Crippen molar-refractivity contribution in [2.45, 2.75) is 23.1 Å². The van der Waals surface area contributed by atoms with E-state index in [9.17, 15) is 13.2 Å². The number of halogens is 1. The highest BCUT2D eigenvalue weighted by molar-refractivity contribution is 9.10. The number of nitrogens with one attached hydrogen (secondary N) is 2. The Kier molecular flexibility index (Phi) is 4.89. The zero-order valence-corrected chi connectivity index (χ0v) is 16.0. The van der Waals surface area contributed by atoms with Crippen molar-refractivity contribution in [1.82, 2.24) is 0 Å². The van der Waals surface area contributed by atoms with E-state index >= 15 is 0 Å². The predicted octanol–water partition coefficient (Wildman–Crippen LogP) is 3.99. The molecule has 5 nitrogen and oxygen atoms in total. The number of hydrogen-bond donors (Lipinski definition) is 2. The summed E-state index contributed by atoms with van der Waals surface area (Å²) in [6.07, 6.45) is 0.415. The fraction of sp³-hybridized carbons (Fsp3) is 0.188. The largest absolute Gasteiger partial charge is 0.325 e. The molecule has 1 amide bonds. The lowest BCUT2D eigenvalue weighted by atomic mass is 10.2. The molecule has 8 heteroatoms. The molecule has 24 heavy (non-hydrogen) atoms. The number of carbonyl (C=O) groups excluding carboxylic acids is 1. The molecule has 1 aliphatic rings. The molecule has 0 unspecified atom stereocenters. The Morgan fingerprint density at radius 2 is 2.00 bits per heavy atom. The van der Waals surface area contributed by atoms with Gasteiger partial charge in [0.05, 0.1) is 10.6 Å². The first-order valence-electron chi connectivity index (χ1n) is 7.21. The lowest BCUT2D eigenvalue weighted by Crippen LogP contribution is -2.14. The van der Waals surface area contributed by atoms with Crippen molar-refractivity contribution in [3.63, 3.8) is 0 Å². The minimum atomic E-state index is -3.73. The van der Waals surface area contributed by atoms with Crippen LogP contribution < -0.4 is 10.0 Å². The molecule has 0 fully saturated rings. The molecule has 0 saturated heterocycles. The van der Waals surface area contributed by atoms with E-state index in [0.29, 0.717) is 23.5 Å². The molecule has 2 N–H and O–H groups in total. The summed E-state index contributed by atoms with van der Waals surface area (Å²) >= 11 is 4.92. The van der Waals surface area contributed by atoms with E-state index in [4.69, 9.17) is 0 Å². The number of anilines is 2. The van der Waals surface area contributed by atoms with Gasteiger partial charge in [0.2, 0.25) is 5.91 Å². The molecule has 0 aliphatic carbocycles. The number of amides is 1. The highest BCUT2D eigenvalue weighted by Gasteiger charge is 2.19. The van der Waals surface area contributed by atoms with Gasteiger partial charge in [-0.15, -0.1) is 11.8 Å². The number of thioether (sulfide) groups is 1. The molecular weight excluding hydrogens is 412 g/mol. The van der Waals surface area contributed by atoms with Crippen LogP contribution in [0.4, 0.5) is 11.4 Å². The van der Waals surface area contributed by atoms with Gasteiger partial charge < -0.3 is 5.32 Å². The highest BCUT2D eigenvalue weighted by Crippen LogP contribution is 2.33. The Labute approximate surface area is 153 Å². The number of sulfonamides is 1. The Morgan fingerprint density at radius 3 is 2.75 bits per heavy atom. The first-order valence-corrected chi connectivity index (χ1v) is 10.5. The van der Waals surface area contributed by atoms with Gasteiger partial charge in [0.25, 0.3) is 10.0 Å². The molecule has 3 rings (SSSR count). The van der Waals surface area contributed by atoms with Gasteiger partial charge in [-0.05, 0) is 48.9 Å². The molecule has 126 valence electrons. The summed E-state index contributed by atoms with van der Waals surface area (Å²) in [5.74, 6) is 0.578. The molecule has 1 aliphatic heterocycles. The number of carbonyl (C=O) groups is 1. The van der Waals surface area contributed by atoms with Crippen molar-refractivity contribution < 1.29 is 13.2 Å². The molecule has 0 saturated carbocycles. The molecule has 0 aromatic heterocycles.